The van der Waals surface area contributed by atoms with Crippen molar-refractivity contribution in [3.05, 3.63) is 0 Å². The van der Waals surface area contributed by atoms with Crippen LogP contribution in [0.4, 0.5) is 0 Å². The molecule has 11 unspecified atom stereocenters. The zero-order valence-corrected chi connectivity index (χ0v) is 20.0. The van der Waals surface area contributed by atoms with Crippen LogP contribution in [0.15, 0.2) is 0 Å². The second kappa shape index (κ2) is 7.80. The maximum atomic E-state index is 11.8. The van der Waals surface area contributed by atoms with Gasteiger partial charge in [0, 0.05) is 0 Å². The molecule has 0 aromatic carbocycles. The molecule has 0 aromatic rings. The summed E-state index contributed by atoms with van der Waals surface area (Å²) in [6, 6.07) is 0. The van der Waals surface area contributed by atoms with E-state index >= 15 is 0 Å². The van der Waals surface area contributed by atoms with Crippen LogP contribution in [-0.4, -0.2) is 22.4 Å². The van der Waals surface area contributed by atoms with Crippen molar-refractivity contribution in [2.24, 2.45) is 58.2 Å². The van der Waals surface area contributed by atoms with Crippen LogP contribution < -0.4 is 0 Å². The van der Waals surface area contributed by atoms with Crippen LogP contribution in [0.2, 0.25) is 0 Å². The van der Waals surface area contributed by atoms with Gasteiger partial charge in [-0.2, -0.15) is 0 Å². The Kier molecular flexibility index (Phi) is 5.95. The number of hydrogen-bond acceptors (Lipinski definition) is 2. The van der Waals surface area contributed by atoms with Gasteiger partial charge in [-0.05, 0) is 110 Å². The van der Waals surface area contributed by atoms with Crippen molar-refractivity contribution in [3.63, 3.8) is 0 Å². The molecule has 0 aromatic heterocycles. The third kappa shape index (κ3) is 3.34. The van der Waals surface area contributed by atoms with Crippen LogP contribution in [0, 0.1) is 58.2 Å². The smallest absolute Gasteiger partial charge is 0.0605 e. The molecule has 4 aliphatic carbocycles. The Morgan fingerprint density at radius 3 is 2.17 bits per heavy atom. The van der Waals surface area contributed by atoms with E-state index in [9.17, 15) is 10.2 Å². The Labute approximate surface area is 180 Å². The van der Waals surface area contributed by atoms with E-state index in [1.165, 1.54) is 38.5 Å². The Morgan fingerprint density at radius 1 is 0.862 bits per heavy atom. The average molecular weight is 405 g/mol. The molecule has 2 heteroatoms. The van der Waals surface area contributed by atoms with Gasteiger partial charge in [-0.15, -0.1) is 0 Å². The van der Waals surface area contributed by atoms with Crippen molar-refractivity contribution in [2.45, 2.75) is 112 Å². The van der Waals surface area contributed by atoms with Gasteiger partial charge in [-0.1, -0.05) is 48.0 Å². The van der Waals surface area contributed by atoms with Gasteiger partial charge in [-0.25, -0.2) is 0 Å². The highest BCUT2D eigenvalue weighted by molar-refractivity contribution is 5.13. The van der Waals surface area contributed by atoms with E-state index in [4.69, 9.17) is 0 Å². The van der Waals surface area contributed by atoms with Crippen molar-refractivity contribution in [1.82, 2.24) is 0 Å². The van der Waals surface area contributed by atoms with E-state index in [2.05, 4.69) is 41.5 Å². The standard InChI is InChI=1S/C27H48O2/c1-7-19-23-15-18(28)10-12-27(23,6)22-11-13-26(5)20(17(4)14-16(2)3)8-9-21(26)24(22)25(19)29/h16-25,28-29H,7-15H2,1-6H3. The van der Waals surface area contributed by atoms with E-state index in [0.717, 1.165) is 37.0 Å². The molecule has 4 aliphatic rings. The summed E-state index contributed by atoms with van der Waals surface area (Å²) in [4.78, 5) is 0. The molecule has 4 fully saturated rings. The first-order valence-corrected chi connectivity index (χ1v) is 13.0. The van der Waals surface area contributed by atoms with Crippen LogP contribution >= 0.6 is 0 Å². The predicted molar refractivity (Wildman–Crippen MR) is 120 cm³/mol. The highest BCUT2D eigenvalue weighted by Gasteiger charge is 2.64. The summed E-state index contributed by atoms with van der Waals surface area (Å²) in [6.45, 7) is 14.7. The van der Waals surface area contributed by atoms with Gasteiger partial charge in [0.25, 0.3) is 0 Å². The van der Waals surface area contributed by atoms with Crippen molar-refractivity contribution < 1.29 is 10.2 Å². The number of fused-ring (bicyclic) bond motifs is 5. The molecular weight excluding hydrogens is 356 g/mol. The van der Waals surface area contributed by atoms with Gasteiger partial charge >= 0.3 is 0 Å². The van der Waals surface area contributed by atoms with E-state index in [1.807, 2.05) is 0 Å². The first-order chi connectivity index (χ1) is 13.6. The molecule has 0 bridgehead atoms. The molecule has 29 heavy (non-hydrogen) atoms. The molecule has 2 N–H and O–H groups in total. The molecule has 0 saturated heterocycles. The second-order valence-electron chi connectivity index (χ2n) is 12.7. The predicted octanol–water partition coefficient (Wildman–Crippen LogP) is 6.30. The quantitative estimate of drug-likeness (QED) is 0.577. The molecule has 4 saturated carbocycles. The number of rotatable bonds is 4. The average Bonchev–Trinajstić information content (AvgIpc) is 3.00. The topological polar surface area (TPSA) is 40.5 Å². The Balaban J connectivity index is 1.65. The summed E-state index contributed by atoms with van der Waals surface area (Å²) in [7, 11) is 0. The van der Waals surface area contributed by atoms with Gasteiger partial charge in [-0.3, -0.25) is 0 Å². The number of aliphatic hydroxyl groups is 2. The van der Waals surface area contributed by atoms with Gasteiger partial charge in [0.2, 0.25) is 0 Å². The Morgan fingerprint density at radius 2 is 1.52 bits per heavy atom. The van der Waals surface area contributed by atoms with Gasteiger partial charge in [0.05, 0.1) is 12.2 Å². The lowest BCUT2D eigenvalue weighted by molar-refractivity contribution is -0.203. The zero-order chi connectivity index (χ0) is 21.1. The van der Waals surface area contributed by atoms with Gasteiger partial charge in [0.15, 0.2) is 0 Å². The van der Waals surface area contributed by atoms with Gasteiger partial charge < -0.3 is 10.2 Å². The molecular formula is C27H48O2. The van der Waals surface area contributed by atoms with Crippen molar-refractivity contribution in [1.29, 1.82) is 0 Å². The maximum absolute atomic E-state index is 11.8. The summed E-state index contributed by atoms with van der Waals surface area (Å²) in [6.07, 6.45) is 10.5. The first kappa shape index (κ1) is 22.1. The van der Waals surface area contributed by atoms with E-state index in [-0.39, 0.29) is 12.2 Å². The van der Waals surface area contributed by atoms with Crippen LogP contribution in [0.3, 0.4) is 0 Å². The molecule has 0 heterocycles. The summed E-state index contributed by atoms with van der Waals surface area (Å²) >= 11 is 0. The summed E-state index contributed by atoms with van der Waals surface area (Å²) in [5.41, 5.74) is 0.749. The van der Waals surface area contributed by atoms with Crippen LogP contribution in [-0.2, 0) is 0 Å². The SMILES string of the molecule is CCC1C(O)C2C3CCC(C(C)CC(C)C)C3(C)CCC2C2(C)CCC(O)CC12. The molecule has 4 rings (SSSR count). The maximum Gasteiger partial charge on any atom is 0.0605 e. The minimum Gasteiger partial charge on any atom is -0.393 e. The molecule has 0 amide bonds. The van der Waals surface area contributed by atoms with Crippen LogP contribution in [0.25, 0.3) is 0 Å². The highest BCUT2D eigenvalue weighted by atomic mass is 16.3. The third-order valence-corrected chi connectivity index (χ3v) is 11.0. The van der Waals surface area contributed by atoms with E-state index in [1.54, 1.807) is 0 Å². The van der Waals surface area contributed by atoms with Crippen molar-refractivity contribution >= 4 is 0 Å². The van der Waals surface area contributed by atoms with E-state index < -0.39 is 0 Å². The minimum atomic E-state index is -0.155. The summed E-state index contributed by atoms with van der Waals surface area (Å²) in [5, 5.41) is 22.2. The molecule has 2 nitrogen and oxygen atoms in total. The summed E-state index contributed by atoms with van der Waals surface area (Å²) in [5.74, 6) is 5.16. The second-order valence-corrected chi connectivity index (χ2v) is 12.7. The molecule has 0 aliphatic heterocycles. The zero-order valence-electron chi connectivity index (χ0n) is 20.0. The lowest BCUT2D eigenvalue weighted by Gasteiger charge is -2.64. The molecule has 0 radical (unpaired) electrons. The van der Waals surface area contributed by atoms with Gasteiger partial charge in [0.1, 0.15) is 0 Å². The van der Waals surface area contributed by atoms with E-state index in [0.29, 0.717) is 40.4 Å². The number of aliphatic hydroxyl groups excluding tert-OH is 2. The fourth-order valence-electron chi connectivity index (χ4n) is 9.84. The lowest BCUT2D eigenvalue weighted by Crippen LogP contribution is -2.62. The monoisotopic (exact) mass is 404 g/mol. The van der Waals surface area contributed by atoms with Crippen LogP contribution in [0.1, 0.15) is 99.3 Å². The molecule has 11 atom stereocenters. The largest absolute Gasteiger partial charge is 0.393 e. The normalized spacial score (nSPS) is 53.3. The Bertz CT molecular complexity index is 587. The van der Waals surface area contributed by atoms with Crippen molar-refractivity contribution in [3.8, 4) is 0 Å². The fourth-order valence-corrected chi connectivity index (χ4v) is 9.84. The highest BCUT2D eigenvalue weighted by Crippen LogP contribution is 2.69. The molecule has 0 spiro atoms. The first-order valence-electron chi connectivity index (χ1n) is 13.0. The molecule has 168 valence electrons. The van der Waals surface area contributed by atoms with Crippen molar-refractivity contribution in [2.75, 3.05) is 0 Å². The fraction of sp³-hybridized carbons (Fsp3) is 1.00. The number of hydrogen-bond donors (Lipinski definition) is 2. The lowest BCUT2D eigenvalue weighted by atomic mass is 9.41. The van der Waals surface area contributed by atoms with Crippen LogP contribution in [0.5, 0.6) is 0 Å². The minimum absolute atomic E-state index is 0.146. The Hall–Kier alpha value is -0.0800. The third-order valence-electron chi connectivity index (χ3n) is 11.0. The summed E-state index contributed by atoms with van der Waals surface area (Å²) < 4.78 is 0.